The third-order valence-electron chi connectivity index (χ3n) is 1.22. The van der Waals surface area contributed by atoms with Gasteiger partial charge in [-0.1, -0.05) is 0 Å². The molecule has 0 bridgehead atoms. The van der Waals surface area contributed by atoms with E-state index in [-0.39, 0.29) is 0 Å². The van der Waals surface area contributed by atoms with Crippen molar-refractivity contribution in [3.63, 3.8) is 0 Å². The second-order valence-corrected chi connectivity index (χ2v) is 1.94. The minimum Gasteiger partial charge on any atom is -0.461 e. The van der Waals surface area contributed by atoms with E-state index in [9.17, 15) is 0 Å². The van der Waals surface area contributed by atoms with Gasteiger partial charge in [-0.2, -0.15) is 5.10 Å². The highest BCUT2D eigenvalue weighted by atomic mass is 16.3. The molecular formula is C7H5N3O. The molecule has 0 fully saturated rings. The molecule has 0 aliphatic rings. The lowest BCUT2D eigenvalue weighted by atomic mass is 10.4. The fraction of sp³-hybridized carbons (Fsp3) is 0. The first-order chi connectivity index (χ1) is 5.47. The summed E-state index contributed by atoms with van der Waals surface area (Å²) < 4.78 is 5.05. The van der Waals surface area contributed by atoms with Crippen LogP contribution >= 0.6 is 0 Å². The van der Waals surface area contributed by atoms with Crippen LogP contribution in [0.2, 0.25) is 0 Å². The molecule has 0 aliphatic heterocycles. The van der Waals surface area contributed by atoms with Gasteiger partial charge in [0.2, 0.25) is 5.82 Å². The zero-order valence-corrected chi connectivity index (χ0v) is 5.64. The van der Waals surface area contributed by atoms with Crippen LogP contribution in [0.4, 0.5) is 0 Å². The van der Waals surface area contributed by atoms with E-state index in [0.29, 0.717) is 11.6 Å². The van der Waals surface area contributed by atoms with Crippen molar-refractivity contribution in [2.24, 2.45) is 0 Å². The standard InChI is InChI=1S/C7H5N3O/c1-2-6(11-5-1)7-8-3-4-9-10-7/h1-5H. The first kappa shape index (κ1) is 6.03. The van der Waals surface area contributed by atoms with Gasteiger partial charge in [0.25, 0.3) is 0 Å². The molecule has 0 atom stereocenters. The van der Waals surface area contributed by atoms with Gasteiger partial charge in [-0.25, -0.2) is 4.98 Å². The molecule has 11 heavy (non-hydrogen) atoms. The Morgan fingerprint density at radius 3 is 2.91 bits per heavy atom. The molecule has 54 valence electrons. The lowest BCUT2D eigenvalue weighted by molar-refractivity contribution is 0.575. The molecule has 0 aliphatic carbocycles. The lowest BCUT2D eigenvalue weighted by Crippen LogP contribution is -1.87. The maximum Gasteiger partial charge on any atom is 0.217 e. The van der Waals surface area contributed by atoms with Gasteiger partial charge >= 0.3 is 0 Å². The molecule has 2 heterocycles. The van der Waals surface area contributed by atoms with Crippen LogP contribution in [-0.2, 0) is 0 Å². The van der Waals surface area contributed by atoms with Gasteiger partial charge in [0.15, 0.2) is 5.76 Å². The van der Waals surface area contributed by atoms with Gasteiger partial charge < -0.3 is 4.42 Å². The van der Waals surface area contributed by atoms with E-state index in [2.05, 4.69) is 15.2 Å². The summed E-state index contributed by atoms with van der Waals surface area (Å²) in [5.74, 6) is 1.15. The van der Waals surface area contributed by atoms with Crippen molar-refractivity contribution in [3.8, 4) is 11.6 Å². The molecule has 0 amide bonds. The van der Waals surface area contributed by atoms with Crippen molar-refractivity contribution >= 4 is 0 Å². The van der Waals surface area contributed by atoms with Gasteiger partial charge in [-0.3, -0.25) is 0 Å². The van der Waals surface area contributed by atoms with Crippen molar-refractivity contribution in [1.82, 2.24) is 15.2 Å². The minimum atomic E-state index is 0.512. The monoisotopic (exact) mass is 147 g/mol. The van der Waals surface area contributed by atoms with Crippen LogP contribution in [0.3, 0.4) is 0 Å². The van der Waals surface area contributed by atoms with Crippen LogP contribution in [0.25, 0.3) is 11.6 Å². The topological polar surface area (TPSA) is 51.8 Å². The zero-order chi connectivity index (χ0) is 7.52. The summed E-state index contributed by atoms with van der Waals surface area (Å²) >= 11 is 0. The molecule has 0 spiro atoms. The largest absolute Gasteiger partial charge is 0.461 e. The number of furan rings is 1. The van der Waals surface area contributed by atoms with Gasteiger partial charge in [0, 0.05) is 6.20 Å². The number of aromatic nitrogens is 3. The van der Waals surface area contributed by atoms with E-state index in [1.165, 1.54) is 6.20 Å². The number of nitrogens with zero attached hydrogens (tertiary/aromatic N) is 3. The minimum absolute atomic E-state index is 0.512. The molecule has 4 nitrogen and oxygen atoms in total. The molecule has 2 aromatic heterocycles. The second kappa shape index (κ2) is 2.49. The van der Waals surface area contributed by atoms with Gasteiger partial charge in [0.1, 0.15) is 0 Å². The Morgan fingerprint density at radius 2 is 2.27 bits per heavy atom. The van der Waals surface area contributed by atoms with Crippen LogP contribution in [0.15, 0.2) is 35.2 Å². The summed E-state index contributed by atoms with van der Waals surface area (Å²) in [7, 11) is 0. The van der Waals surface area contributed by atoms with Gasteiger partial charge in [-0.05, 0) is 12.1 Å². The first-order valence-corrected chi connectivity index (χ1v) is 3.14. The molecule has 2 rings (SSSR count). The Bertz CT molecular complexity index is 317. The summed E-state index contributed by atoms with van der Waals surface area (Å²) in [5.41, 5.74) is 0. The van der Waals surface area contributed by atoms with Gasteiger partial charge in [0.05, 0.1) is 12.5 Å². The van der Waals surface area contributed by atoms with Crippen molar-refractivity contribution in [2.45, 2.75) is 0 Å². The fourth-order valence-corrected chi connectivity index (χ4v) is 0.766. The SMILES string of the molecule is c1coc(-c2nccnn2)c1. The molecule has 2 aromatic rings. The second-order valence-electron chi connectivity index (χ2n) is 1.94. The van der Waals surface area contributed by atoms with E-state index in [4.69, 9.17) is 4.42 Å². The van der Waals surface area contributed by atoms with Crippen LogP contribution in [0, 0.1) is 0 Å². The van der Waals surface area contributed by atoms with Crippen molar-refractivity contribution in [1.29, 1.82) is 0 Å². The number of rotatable bonds is 1. The van der Waals surface area contributed by atoms with Crippen LogP contribution < -0.4 is 0 Å². The number of hydrogen-bond donors (Lipinski definition) is 0. The predicted molar refractivity (Wildman–Crippen MR) is 37.5 cm³/mol. The normalized spacial score (nSPS) is 9.82. The highest BCUT2D eigenvalue weighted by molar-refractivity contribution is 5.44. The maximum absolute atomic E-state index is 5.05. The highest BCUT2D eigenvalue weighted by Crippen LogP contribution is 2.11. The summed E-state index contributed by atoms with van der Waals surface area (Å²) in [6, 6.07) is 3.57. The number of hydrogen-bond acceptors (Lipinski definition) is 4. The summed E-state index contributed by atoms with van der Waals surface area (Å²) in [4.78, 5) is 3.95. The molecule has 4 heteroatoms. The molecular weight excluding hydrogens is 142 g/mol. The Hall–Kier alpha value is -1.71. The van der Waals surface area contributed by atoms with Crippen molar-refractivity contribution in [3.05, 3.63) is 30.8 Å². The molecule has 0 N–H and O–H groups in total. The lowest BCUT2D eigenvalue weighted by Gasteiger charge is -1.89. The molecule has 0 unspecified atom stereocenters. The molecule has 0 radical (unpaired) electrons. The van der Waals surface area contributed by atoms with E-state index in [0.717, 1.165) is 0 Å². The maximum atomic E-state index is 5.05. The average Bonchev–Trinajstić information content (AvgIpc) is 2.58. The van der Waals surface area contributed by atoms with Crippen molar-refractivity contribution in [2.75, 3.05) is 0 Å². The van der Waals surface area contributed by atoms with E-state index in [1.807, 2.05) is 0 Å². The molecule has 0 saturated carbocycles. The highest BCUT2D eigenvalue weighted by Gasteiger charge is 2.00. The Labute approximate surface area is 62.9 Å². The zero-order valence-electron chi connectivity index (χ0n) is 5.64. The third kappa shape index (κ3) is 1.10. The van der Waals surface area contributed by atoms with Crippen molar-refractivity contribution < 1.29 is 4.42 Å². The van der Waals surface area contributed by atoms with E-state index < -0.39 is 0 Å². The van der Waals surface area contributed by atoms with Gasteiger partial charge in [-0.15, -0.1) is 5.10 Å². The predicted octanol–water partition coefficient (Wildman–Crippen LogP) is 1.13. The Balaban J connectivity index is 2.46. The Kier molecular flexibility index (Phi) is 1.37. The summed E-state index contributed by atoms with van der Waals surface area (Å²) in [6.45, 7) is 0. The smallest absolute Gasteiger partial charge is 0.217 e. The van der Waals surface area contributed by atoms with Crippen LogP contribution in [-0.4, -0.2) is 15.2 Å². The van der Waals surface area contributed by atoms with Crippen LogP contribution in [0.5, 0.6) is 0 Å². The van der Waals surface area contributed by atoms with E-state index >= 15 is 0 Å². The quantitative estimate of drug-likeness (QED) is 0.606. The molecule has 0 saturated heterocycles. The van der Waals surface area contributed by atoms with E-state index in [1.54, 1.807) is 24.6 Å². The first-order valence-electron chi connectivity index (χ1n) is 3.14. The van der Waals surface area contributed by atoms with Crippen LogP contribution in [0.1, 0.15) is 0 Å². The third-order valence-corrected chi connectivity index (χ3v) is 1.22. The summed E-state index contributed by atoms with van der Waals surface area (Å²) in [6.07, 6.45) is 4.67. The average molecular weight is 147 g/mol. The molecule has 0 aromatic carbocycles. The fourth-order valence-electron chi connectivity index (χ4n) is 0.766. The summed E-state index contributed by atoms with van der Waals surface area (Å²) in [5, 5.41) is 7.43. The Morgan fingerprint density at radius 1 is 1.27 bits per heavy atom.